The first-order valence-electron chi connectivity index (χ1n) is 25.0. The van der Waals surface area contributed by atoms with E-state index in [1.54, 1.807) is 43.6 Å². The summed E-state index contributed by atoms with van der Waals surface area (Å²) in [6.45, 7) is 16.6. The molecule has 4 aromatic rings. The second-order valence-corrected chi connectivity index (χ2v) is 23.4. The SMILES string of the molecule is CCn1c(-c2cnccc2COC)c2c3cc(ccc31)-c1cc(O)cc(c1)C[C@H](NC(=O)C(C(C)C)N(C)C(=O)CN(C)C(=O)[C@H]1[C@@H](C(=O)OC)N1SC(C)(C)C)C(=O)N1CCC[C@H](N1)C(=O)OCC(C)(C)C2. The van der Waals surface area contributed by atoms with Crippen LogP contribution in [-0.4, -0.2) is 152 Å². The van der Waals surface area contributed by atoms with E-state index in [1.165, 1.54) is 48.0 Å². The summed E-state index contributed by atoms with van der Waals surface area (Å²) < 4.78 is 20.3. The van der Waals surface area contributed by atoms with E-state index in [4.69, 9.17) is 14.2 Å². The Morgan fingerprint density at radius 3 is 2.45 bits per heavy atom. The van der Waals surface area contributed by atoms with Gasteiger partial charge in [-0.3, -0.25) is 38.8 Å². The fourth-order valence-electron chi connectivity index (χ4n) is 10.1. The molecular weight excluding hydrogens is 953 g/mol. The highest BCUT2D eigenvalue weighted by Crippen LogP contribution is 2.45. The second-order valence-electron chi connectivity index (χ2n) is 21.5. The van der Waals surface area contributed by atoms with Crippen molar-refractivity contribution in [1.82, 2.24) is 39.4 Å². The summed E-state index contributed by atoms with van der Waals surface area (Å²) >= 11 is 1.35. The van der Waals surface area contributed by atoms with Crippen molar-refractivity contribution < 1.29 is 48.1 Å². The van der Waals surface area contributed by atoms with E-state index in [2.05, 4.69) is 53.2 Å². The van der Waals surface area contributed by atoms with Crippen molar-refractivity contribution in [3.8, 4) is 28.1 Å². The Morgan fingerprint density at radius 1 is 1.04 bits per heavy atom. The first kappa shape index (κ1) is 54.7. The molecule has 3 aliphatic heterocycles. The van der Waals surface area contributed by atoms with Crippen molar-refractivity contribution in [3.05, 3.63) is 71.5 Å². The van der Waals surface area contributed by atoms with Gasteiger partial charge in [0.15, 0.2) is 0 Å². The van der Waals surface area contributed by atoms with Crippen LogP contribution in [-0.2, 0) is 69.0 Å². The van der Waals surface area contributed by atoms with E-state index in [0.717, 1.165) is 38.9 Å². The number of rotatable bonds is 13. The summed E-state index contributed by atoms with van der Waals surface area (Å²) in [4.78, 5) is 90.9. The van der Waals surface area contributed by atoms with Gasteiger partial charge in [0, 0.05) is 79.7 Å². The molecule has 2 aromatic heterocycles. The lowest BCUT2D eigenvalue weighted by Gasteiger charge is -2.37. The van der Waals surface area contributed by atoms with Crippen LogP contribution in [0.25, 0.3) is 33.3 Å². The van der Waals surface area contributed by atoms with Gasteiger partial charge < -0.3 is 39.0 Å². The van der Waals surface area contributed by atoms with Crippen molar-refractivity contribution in [3.63, 3.8) is 0 Å². The summed E-state index contributed by atoms with van der Waals surface area (Å²) in [6.07, 6.45) is 4.97. The number of likely N-dealkylation sites (N-methyl/N-ethyl adjacent to an activating group) is 2. The molecule has 0 saturated carbocycles. The Kier molecular flexibility index (Phi) is 16.7. The van der Waals surface area contributed by atoms with Gasteiger partial charge in [-0.15, -0.1) is 0 Å². The average Bonchev–Trinajstić information content (AvgIpc) is 3.95. The number of amides is 4. The third kappa shape index (κ3) is 12.2. The van der Waals surface area contributed by atoms with Crippen molar-refractivity contribution in [1.29, 1.82) is 0 Å². The Bertz CT molecular complexity index is 2750. The Balaban J connectivity index is 1.23. The molecule has 2 unspecified atom stereocenters. The number of hydrogen-bond donors (Lipinski definition) is 3. The van der Waals surface area contributed by atoms with E-state index in [9.17, 15) is 33.9 Å². The van der Waals surface area contributed by atoms with Gasteiger partial charge in [-0.2, -0.15) is 0 Å². The molecule has 6 bridgehead atoms. The number of phenolic OH excluding ortho intramolecular Hbond substituents is 1. The number of carbonyl (C=O) groups is 6. The van der Waals surface area contributed by atoms with Crippen LogP contribution < -0.4 is 10.7 Å². The quantitative estimate of drug-likeness (QED) is 0.0860. The maximum atomic E-state index is 14.8. The van der Waals surface area contributed by atoms with Gasteiger partial charge in [0.05, 0.1) is 32.6 Å². The van der Waals surface area contributed by atoms with E-state index in [1.807, 2.05) is 45.2 Å². The number of methoxy groups -OCH3 is 2. The number of pyridine rings is 1. The summed E-state index contributed by atoms with van der Waals surface area (Å²) in [6, 6.07) is 8.46. The maximum Gasteiger partial charge on any atom is 0.326 e. The average molecular weight is 1030 g/mol. The molecule has 19 heteroatoms. The zero-order valence-electron chi connectivity index (χ0n) is 44.2. The van der Waals surface area contributed by atoms with Crippen LogP contribution in [0.3, 0.4) is 0 Å². The fourth-order valence-corrected chi connectivity index (χ4v) is 11.3. The van der Waals surface area contributed by atoms with Crippen LogP contribution in [0, 0.1) is 11.3 Å². The van der Waals surface area contributed by atoms with Gasteiger partial charge in [-0.1, -0.05) is 51.8 Å². The number of aryl methyl sites for hydroxylation is 1. The predicted molar refractivity (Wildman–Crippen MR) is 278 cm³/mol. The lowest BCUT2D eigenvalue weighted by Crippen LogP contribution is -2.62. The van der Waals surface area contributed by atoms with Crippen molar-refractivity contribution in [2.75, 3.05) is 48.0 Å². The lowest BCUT2D eigenvalue weighted by molar-refractivity contribution is -0.155. The number of phenols is 1. The van der Waals surface area contributed by atoms with E-state index < -0.39 is 77.1 Å². The number of hydrogen-bond acceptors (Lipinski definition) is 14. The third-order valence-electron chi connectivity index (χ3n) is 13.6. The normalized spacial score (nSPS) is 21.5. The number of ether oxygens (including phenoxy) is 3. The van der Waals surface area contributed by atoms with E-state index in [-0.39, 0.29) is 36.6 Å². The number of benzene rings is 2. The minimum atomic E-state index is -1.23. The minimum Gasteiger partial charge on any atom is -0.508 e. The first-order chi connectivity index (χ1) is 34.5. The Hall–Kier alpha value is -6.02. The third-order valence-corrected chi connectivity index (χ3v) is 14.8. The monoisotopic (exact) mass is 1020 g/mol. The molecule has 0 spiro atoms. The molecule has 7 rings (SSSR count). The van der Waals surface area contributed by atoms with Crippen LogP contribution >= 0.6 is 11.9 Å². The smallest absolute Gasteiger partial charge is 0.326 e. The van der Waals surface area contributed by atoms with Gasteiger partial charge in [0.1, 0.15) is 36.0 Å². The van der Waals surface area contributed by atoms with Crippen molar-refractivity contribution in [2.45, 2.75) is 129 Å². The molecule has 18 nitrogen and oxygen atoms in total. The molecule has 2 fully saturated rings. The first-order valence-corrected chi connectivity index (χ1v) is 25.8. The van der Waals surface area contributed by atoms with Gasteiger partial charge in [0.25, 0.3) is 5.91 Å². The van der Waals surface area contributed by atoms with Gasteiger partial charge >= 0.3 is 11.9 Å². The van der Waals surface area contributed by atoms with Crippen LogP contribution in [0.2, 0.25) is 0 Å². The number of hydrazine groups is 1. The van der Waals surface area contributed by atoms with Crippen LogP contribution in [0.4, 0.5) is 0 Å². The summed E-state index contributed by atoms with van der Waals surface area (Å²) in [7, 11) is 5.88. The molecule has 0 radical (unpaired) electrons. The Morgan fingerprint density at radius 2 is 1.78 bits per heavy atom. The van der Waals surface area contributed by atoms with Crippen molar-refractivity contribution in [2.24, 2.45) is 11.3 Å². The highest BCUT2D eigenvalue weighted by Gasteiger charge is 2.60. The second kappa shape index (κ2) is 22.2. The number of fused-ring (bicyclic) bond motifs is 6. The predicted octanol–water partition coefficient (Wildman–Crippen LogP) is 5.50. The minimum absolute atomic E-state index is 0.0422. The standard InChI is InChI=1S/C54H72N8O10S/c1-13-60-42-17-16-33-25-37(42)38(45(60)39-27-55-19-18-34(39)29-70-11)26-54(7,8)30-72-51(68)40-15-14-20-61(57-40)49(66)41(23-32-21-35(33)24-36(63)22-32)56-48(65)44(31(2)3)59(10)43(64)28-58(9)50(67)46-47(52(69)71-12)62(46)73-53(4,5)6/h16-19,21-22,24-25,27,31,40-41,44,46-47,57,63H,13-15,20,23,26,28-30H2,1-12H3,(H,56,65)/t40-,41-,44?,46+,47-,62?/m0/s1. The maximum absolute atomic E-state index is 14.8. The number of cyclic esters (lactones) is 1. The molecule has 0 aliphatic carbocycles. The lowest BCUT2D eigenvalue weighted by atomic mass is 9.84. The van der Waals surface area contributed by atoms with E-state index >= 15 is 0 Å². The number of aromatic hydroxyl groups is 1. The number of nitrogens with one attached hydrogen (secondary N) is 2. The molecule has 73 heavy (non-hydrogen) atoms. The molecule has 2 saturated heterocycles. The number of aromatic nitrogens is 2. The van der Waals surface area contributed by atoms with Crippen molar-refractivity contribution >= 4 is 58.4 Å². The van der Waals surface area contributed by atoms with Gasteiger partial charge in [-0.25, -0.2) is 9.73 Å². The summed E-state index contributed by atoms with van der Waals surface area (Å²) in [5.41, 5.74) is 9.50. The molecule has 4 amide bonds. The largest absolute Gasteiger partial charge is 0.508 e. The zero-order valence-corrected chi connectivity index (χ0v) is 45.1. The zero-order chi connectivity index (χ0) is 53.3. The molecule has 3 aliphatic rings. The van der Waals surface area contributed by atoms with Crippen LogP contribution in [0.5, 0.6) is 5.75 Å². The molecular formula is C54H72N8O10S. The molecule has 3 N–H and O–H groups in total. The van der Waals surface area contributed by atoms with Gasteiger partial charge in [-0.05, 0) is 111 Å². The summed E-state index contributed by atoms with van der Waals surface area (Å²) in [5.74, 6) is -3.68. The molecule has 394 valence electrons. The van der Waals surface area contributed by atoms with E-state index in [0.29, 0.717) is 43.5 Å². The topological polar surface area (TPSA) is 205 Å². The number of nitrogens with zero attached hydrogens (tertiary/aromatic N) is 6. The number of esters is 2. The Labute approximate surface area is 432 Å². The van der Waals surface area contributed by atoms with Gasteiger partial charge in [0.2, 0.25) is 17.7 Å². The molecule has 6 atom stereocenters. The number of carbonyl (C=O) groups excluding carboxylic acids is 6. The van der Waals surface area contributed by atoms with Crippen LogP contribution in [0.15, 0.2) is 54.9 Å². The van der Waals surface area contributed by atoms with Crippen LogP contribution in [0.1, 0.15) is 84.9 Å². The highest BCUT2D eigenvalue weighted by atomic mass is 32.2. The fraction of sp³-hybridized carbons (Fsp3) is 0.537. The molecule has 2 aromatic carbocycles. The highest BCUT2D eigenvalue weighted by molar-refractivity contribution is 7.98. The molecule has 5 heterocycles. The summed E-state index contributed by atoms with van der Waals surface area (Å²) in [5, 5.41) is 16.7.